The number of halogens is 1. The van der Waals surface area contributed by atoms with Gasteiger partial charge in [-0.25, -0.2) is 0 Å². The first-order valence-electron chi connectivity index (χ1n) is 4.05. The number of rotatable bonds is 5. The predicted octanol–water partition coefficient (Wildman–Crippen LogP) is 2.00. The summed E-state index contributed by atoms with van der Waals surface area (Å²) in [7, 11) is 3.12. The van der Waals surface area contributed by atoms with Gasteiger partial charge in [-0.2, -0.15) is 0 Å². The molecule has 0 radical (unpaired) electrons. The molecule has 1 rings (SSSR count). The van der Waals surface area contributed by atoms with Crippen molar-refractivity contribution in [2.75, 3.05) is 13.7 Å². The smallest absolute Gasteiger partial charge is 0.255 e. The maximum Gasteiger partial charge on any atom is 0.255 e. The van der Waals surface area contributed by atoms with Crippen molar-refractivity contribution in [3.63, 3.8) is 0 Å². The number of primary amides is 1. The third kappa shape index (κ3) is 3.78. The van der Waals surface area contributed by atoms with Crippen molar-refractivity contribution in [2.45, 2.75) is 4.90 Å². The van der Waals surface area contributed by atoms with Crippen molar-refractivity contribution < 1.29 is 14.3 Å². The van der Waals surface area contributed by atoms with Crippen LogP contribution in [0.3, 0.4) is 0 Å². The van der Waals surface area contributed by atoms with E-state index >= 15 is 0 Å². The van der Waals surface area contributed by atoms with Gasteiger partial charge in [-0.05, 0) is 18.2 Å². The molecule has 4 nitrogen and oxygen atoms in total. The summed E-state index contributed by atoms with van der Waals surface area (Å²) in [5, 5.41) is 0. The normalized spacial score (nSPS) is 9.73. The Morgan fingerprint density at radius 3 is 2.80 bits per heavy atom. The monoisotopic (exact) mass is 339 g/mol. The molecule has 1 amide bonds. The van der Waals surface area contributed by atoms with E-state index in [1.807, 2.05) is 12.1 Å². The molecule has 0 saturated carbocycles. The molecule has 0 saturated heterocycles. The van der Waals surface area contributed by atoms with E-state index < -0.39 is 5.91 Å². The lowest BCUT2D eigenvalue weighted by atomic mass is 10.3. The molecule has 0 aliphatic carbocycles. The van der Waals surface area contributed by atoms with Crippen LogP contribution in [0, 0.1) is 0 Å². The molecular formula is C9H10INO3S. The number of methoxy groups -OCH3 is 1. The fourth-order valence-electron chi connectivity index (χ4n) is 0.964. The summed E-state index contributed by atoms with van der Waals surface area (Å²) in [6.45, 7) is -0.146. The Labute approximate surface area is 104 Å². The zero-order chi connectivity index (χ0) is 11.3. The van der Waals surface area contributed by atoms with Crippen LogP contribution >= 0.6 is 30.1 Å². The Bertz CT molecular complexity index is 359. The van der Waals surface area contributed by atoms with Crippen LogP contribution in [-0.2, 0) is 4.79 Å². The van der Waals surface area contributed by atoms with E-state index in [4.69, 9.17) is 15.2 Å². The van der Waals surface area contributed by atoms with Crippen LogP contribution in [0.1, 0.15) is 0 Å². The lowest BCUT2D eigenvalue weighted by Crippen LogP contribution is -2.20. The molecule has 0 atom stereocenters. The molecule has 0 bridgehead atoms. The van der Waals surface area contributed by atoms with E-state index in [0.717, 1.165) is 4.90 Å². The molecule has 6 heteroatoms. The van der Waals surface area contributed by atoms with Crippen molar-refractivity contribution >= 4 is 36.0 Å². The van der Waals surface area contributed by atoms with Crippen molar-refractivity contribution in [1.29, 1.82) is 0 Å². The summed E-state index contributed by atoms with van der Waals surface area (Å²) in [4.78, 5) is 11.6. The molecule has 1 aromatic rings. The van der Waals surface area contributed by atoms with Gasteiger partial charge in [0.15, 0.2) is 18.1 Å². The summed E-state index contributed by atoms with van der Waals surface area (Å²) < 4.78 is 10.3. The highest BCUT2D eigenvalue weighted by molar-refractivity contribution is 14.2. The summed E-state index contributed by atoms with van der Waals surface area (Å²) in [5.74, 6) is 0.604. The summed E-state index contributed by atoms with van der Waals surface area (Å²) >= 11 is 2.18. The third-order valence-electron chi connectivity index (χ3n) is 1.59. The zero-order valence-corrected chi connectivity index (χ0v) is 11.0. The van der Waals surface area contributed by atoms with Crippen LogP contribution in [0.15, 0.2) is 23.1 Å². The highest BCUT2D eigenvalue weighted by Crippen LogP contribution is 2.34. The van der Waals surface area contributed by atoms with Gasteiger partial charge in [-0.1, -0.05) is 8.93 Å². The third-order valence-corrected chi connectivity index (χ3v) is 3.55. The first kappa shape index (κ1) is 12.4. The molecule has 82 valence electrons. The molecule has 0 aromatic heterocycles. The number of carbonyl (C=O) groups is 1. The lowest BCUT2D eigenvalue weighted by molar-refractivity contribution is -0.119. The lowest BCUT2D eigenvalue weighted by Gasteiger charge is -2.09. The van der Waals surface area contributed by atoms with Gasteiger partial charge in [0.1, 0.15) is 0 Å². The molecule has 0 fully saturated rings. The second-order valence-electron chi connectivity index (χ2n) is 2.64. The van der Waals surface area contributed by atoms with Gasteiger partial charge in [0.05, 0.1) is 7.11 Å². The maximum atomic E-state index is 10.5. The summed E-state index contributed by atoms with van der Waals surface area (Å²) in [6, 6.07) is 5.48. The topological polar surface area (TPSA) is 61.6 Å². The fraction of sp³-hybridized carbons (Fsp3) is 0.222. The molecule has 0 unspecified atom stereocenters. The zero-order valence-electron chi connectivity index (χ0n) is 8.03. The van der Waals surface area contributed by atoms with Gasteiger partial charge in [0.2, 0.25) is 0 Å². The molecule has 0 aliphatic rings. The van der Waals surface area contributed by atoms with Gasteiger partial charge < -0.3 is 15.2 Å². The fourth-order valence-corrected chi connectivity index (χ4v) is 2.06. The van der Waals surface area contributed by atoms with Crippen LogP contribution < -0.4 is 15.2 Å². The Morgan fingerprint density at radius 2 is 2.27 bits per heavy atom. The Kier molecular flexibility index (Phi) is 5.03. The van der Waals surface area contributed by atoms with Crippen LogP contribution in [-0.4, -0.2) is 19.6 Å². The standard InChI is InChI=1S/C9H10INO3S/c1-13-8-4-6(15-10)2-3-7(8)14-5-9(11)12/h2-4H,5H2,1H3,(H2,11,12). The second kappa shape index (κ2) is 6.06. The van der Waals surface area contributed by atoms with Gasteiger partial charge in [0.25, 0.3) is 5.91 Å². The molecule has 2 N–H and O–H groups in total. The number of amides is 1. The Morgan fingerprint density at radius 1 is 1.53 bits per heavy atom. The first-order chi connectivity index (χ1) is 7.17. The molecular weight excluding hydrogens is 329 g/mol. The first-order valence-corrected chi connectivity index (χ1v) is 7.41. The minimum atomic E-state index is -0.510. The maximum absolute atomic E-state index is 10.5. The highest BCUT2D eigenvalue weighted by atomic mass is 127. The largest absolute Gasteiger partial charge is 0.493 e. The average molecular weight is 339 g/mol. The van der Waals surface area contributed by atoms with Crippen molar-refractivity contribution in [2.24, 2.45) is 5.73 Å². The van der Waals surface area contributed by atoms with Crippen LogP contribution in [0.5, 0.6) is 11.5 Å². The van der Waals surface area contributed by atoms with Gasteiger partial charge >= 0.3 is 0 Å². The SMILES string of the molecule is COc1cc(SI)ccc1OCC(N)=O. The van der Waals surface area contributed by atoms with Crippen molar-refractivity contribution in [3.8, 4) is 11.5 Å². The van der Waals surface area contributed by atoms with Gasteiger partial charge in [0, 0.05) is 26.1 Å². The van der Waals surface area contributed by atoms with Crippen molar-refractivity contribution in [1.82, 2.24) is 0 Å². The second-order valence-corrected chi connectivity index (χ2v) is 4.59. The van der Waals surface area contributed by atoms with Gasteiger partial charge in [-0.3, -0.25) is 4.79 Å². The number of carbonyl (C=O) groups excluding carboxylic acids is 1. The van der Waals surface area contributed by atoms with Crippen LogP contribution in [0.4, 0.5) is 0 Å². The highest BCUT2D eigenvalue weighted by Gasteiger charge is 2.06. The van der Waals surface area contributed by atoms with Gasteiger partial charge in [-0.15, -0.1) is 0 Å². The number of benzene rings is 1. The van der Waals surface area contributed by atoms with E-state index in [1.165, 1.54) is 0 Å². The molecule has 0 heterocycles. The number of hydrogen-bond acceptors (Lipinski definition) is 4. The average Bonchev–Trinajstić information content (AvgIpc) is 2.25. The predicted molar refractivity (Wildman–Crippen MR) is 67.6 cm³/mol. The number of ether oxygens (including phenoxy) is 2. The van der Waals surface area contributed by atoms with E-state index in [0.29, 0.717) is 11.5 Å². The quantitative estimate of drug-likeness (QED) is 0.834. The number of hydrogen-bond donors (Lipinski definition) is 1. The van der Waals surface area contributed by atoms with E-state index in [2.05, 4.69) is 21.2 Å². The summed E-state index contributed by atoms with van der Waals surface area (Å²) in [6.07, 6.45) is 0. The van der Waals surface area contributed by atoms with Crippen LogP contribution in [0.25, 0.3) is 0 Å². The Balaban J connectivity index is 2.82. The molecule has 1 aromatic carbocycles. The minimum Gasteiger partial charge on any atom is -0.493 e. The van der Waals surface area contributed by atoms with Crippen molar-refractivity contribution in [3.05, 3.63) is 18.2 Å². The molecule has 0 aliphatic heterocycles. The molecule has 15 heavy (non-hydrogen) atoms. The minimum absolute atomic E-state index is 0.146. The number of nitrogens with two attached hydrogens (primary N) is 1. The Hall–Kier alpha value is -0.630. The van der Waals surface area contributed by atoms with Crippen LogP contribution in [0.2, 0.25) is 0 Å². The summed E-state index contributed by atoms with van der Waals surface area (Å²) in [5.41, 5.74) is 4.98. The molecule has 0 spiro atoms. The van der Waals surface area contributed by atoms with E-state index in [-0.39, 0.29) is 6.61 Å². The van der Waals surface area contributed by atoms with E-state index in [1.54, 1.807) is 22.1 Å². The van der Waals surface area contributed by atoms with E-state index in [9.17, 15) is 4.79 Å².